The maximum absolute atomic E-state index is 8.22. The van der Waals surface area contributed by atoms with Crippen molar-refractivity contribution in [1.29, 1.82) is 15.8 Å². The standard InChI is InChI=1S/C9H11N3O3/c10-6-13-5-3-1-2-4-9(14-7-11)15-8-12/h9H,1-5H2. The zero-order chi connectivity index (χ0) is 11.4. The first-order valence-electron chi connectivity index (χ1n) is 4.45. The van der Waals surface area contributed by atoms with Gasteiger partial charge in [0.1, 0.15) is 6.61 Å². The monoisotopic (exact) mass is 209 g/mol. The molecular formula is C9H11N3O3. The Balaban J connectivity index is 3.43. The van der Waals surface area contributed by atoms with Gasteiger partial charge in [-0.05, 0) is 19.3 Å². The molecule has 0 aliphatic carbocycles. The van der Waals surface area contributed by atoms with E-state index in [-0.39, 0.29) is 0 Å². The SMILES string of the molecule is N#COCCCCCC(OC#N)OC#N. The lowest BCUT2D eigenvalue weighted by molar-refractivity contribution is -0.0503. The van der Waals surface area contributed by atoms with E-state index >= 15 is 0 Å². The molecule has 0 aliphatic heterocycles. The Morgan fingerprint density at radius 3 is 2.07 bits per heavy atom. The highest BCUT2D eigenvalue weighted by atomic mass is 16.7. The van der Waals surface area contributed by atoms with Crippen LogP contribution >= 0.6 is 0 Å². The van der Waals surface area contributed by atoms with E-state index in [1.165, 1.54) is 12.5 Å². The summed E-state index contributed by atoms with van der Waals surface area (Å²) >= 11 is 0. The quantitative estimate of drug-likeness (QED) is 0.340. The minimum atomic E-state index is -0.795. The maximum atomic E-state index is 8.22. The minimum Gasteiger partial charge on any atom is -0.428 e. The van der Waals surface area contributed by atoms with Gasteiger partial charge >= 0.3 is 0 Å². The van der Waals surface area contributed by atoms with Crippen LogP contribution in [0.25, 0.3) is 0 Å². The molecule has 6 nitrogen and oxygen atoms in total. The molecule has 0 spiro atoms. The van der Waals surface area contributed by atoms with Crippen LogP contribution in [0.1, 0.15) is 25.7 Å². The Bertz CT molecular complexity index is 258. The predicted molar refractivity (Wildman–Crippen MR) is 47.2 cm³/mol. The molecule has 0 saturated heterocycles. The summed E-state index contributed by atoms with van der Waals surface area (Å²) in [5.74, 6) is 0. The summed E-state index contributed by atoms with van der Waals surface area (Å²) in [6.45, 7) is 0.388. The van der Waals surface area contributed by atoms with E-state index in [0.717, 1.165) is 19.3 Å². The van der Waals surface area contributed by atoms with Crippen molar-refractivity contribution in [1.82, 2.24) is 0 Å². The van der Waals surface area contributed by atoms with Crippen molar-refractivity contribution in [2.75, 3.05) is 6.61 Å². The molecule has 0 aromatic carbocycles. The van der Waals surface area contributed by atoms with Crippen LogP contribution in [-0.2, 0) is 14.2 Å². The second-order valence-electron chi connectivity index (χ2n) is 2.64. The molecule has 0 amide bonds. The molecule has 80 valence electrons. The molecule has 0 bridgehead atoms. The van der Waals surface area contributed by atoms with Gasteiger partial charge in [-0.25, -0.2) is 0 Å². The molecule has 6 heteroatoms. The molecule has 0 unspecified atom stereocenters. The van der Waals surface area contributed by atoms with E-state index in [4.69, 9.17) is 15.8 Å². The molecule has 0 fully saturated rings. The van der Waals surface area contributed by atoms with Crippen LogP contribution in [0.2, 0.25) is 0 Å². The maximum Gasteiger partial charge on any atom is 0.289 e. The van der Waals surface area contributed by atoms with Crippen molar-refractivity contribution in [3.8, 4) is 18.8 Å². The Labute approximate surface area is 88.2 Å². The third-order valence-corrected chi connectivity index (χ3v) is 1.62. The number of ether oxygens (including phenoxy) is 3. The molecule has 0 saturated carbocycles. The highest BCUT2D eigenvalue weighted by Crippen LogP contribution is 2.07. The fourth-order valence-corrected chi connectivity index (χ4v) is 0.967. The van der Waals surface area contributed by atoms with E-state index in [2.05, 4.69) is 14.2 Å². The second kappa shape index (κ2) is 9.95. The van der Waals surface area contributed by atoms with Gasteiger partial charge in [0.15, 0.2) is 0 Å². The fraction of sp³-hybridized carbons (Fsp3) is 0.667. The number of unbranched alkanes of at least 4 members (excludes halogenated alkanes) is 2. The van der Waals surface area contributed by atoms with Crippen LogP contribution < -0.4 is 0 Å². The first kappa shape index (κ1) is 12.9. The topological polar surface area (TPSA) is 99.1 Å². The average molecular weight is 209 g/mol. The minimum absolute atomic E-state index is 0.388. The smallest absolute Gasteiger partial charge is 0.289 e. The molecular weight excluding hydrogens is 198 g/mol. The van der Waals surface area contributed by atoms with Gasteiger partial charge in [0.2, 0.25) is 0 Å². The summed E-state index contributed by atoms with van der Waals surface area (Å²) in [5.41, 5.74) is 0. The molecule has 15 heavy (non-hydrogen) atoms. The van der Waals surface area contributed by atoms with Crippen LogP contribution in [0, 0.1) is 34.6 Å². The van der Waals surface area contributed by atoms with Gasteiger partial charge in [-0.1, -0.05) is 0 Å². The van der Waals surface area contributed by atoms with E-state index in [1.54, 1.807) is 6.26 Å². The number of rotatable bonds is 8. The molecule has 0 heterocycles. The van der Waals surface area contributed by atoms with E-state index in [1.807, 2.05) is 0 Å². The third-order valence-electron chi connectivity index (χ3n) is 1.62. The van der Waals surface area contributed by atoms with E-state index < -0.39 is 6.29 Å². The van der Waals surface area contributed by atoms with Crippen molar-refractivity contribution in [3.05, 3.63) is 0 Å². The summed E-state index contributed by atoms with van der Waals surface area (Å²) in [4.78, 5) is 0. The van der Waals surface area contributed by atoms with Crippen LogP contribution in [0.4, 0.5) is 0 Å². The average Bonchev–Trinajstić information content (AvgIpc) is 2.24. The highest BCUT2D eigenvalue weighted by molar-refractivity contribution is 4.60. The zero-order valence-corrected chi connectivity index (χ0v) is 8.18. The normalized spacial score (nSPS) is 8.40. The molecule has 0 atom stereocenters. The van der Waals surface area contributed by atoms with Gasteiger partial charge in [-0.2, -0.15) is 15.8 Å². The molecule has 0 aromatic heterocycles. The molecule has 0 radical (unpaired) electrons. The van der Waals surface area contributed by atoms with E-state index in [0.29, 0.717) is 13.0 Å². The number of nitriles is 3. The number of nitrogens with zero attached hydrogens (tertiary/aromatic N) is 3. The Morgan fingerprint density at radius 2 is 1.53 bits per heavy atom. The van der Waals surface area contributed by atoms with E-state index in [9.17, 15) is 0 Å². The fourth-order valence-electron chi connectivity index (χ4n) is 0.967. The van der Waals surface area contributed by atoms with Gasteiger partial charge in [0.25, 0.3) is 25.1 Å². The lowest BCUT2D eigenvalue weighted by atomic mass is 10.2. The van der Waals surface area contributed by atoms with Crippen LogP contribution in [0.5, 0.6) is 0 Å². The Kier molecular flexibility index (Phi) is 8.54. The third kappa shape index (κ3) is 8.21. The summed E-state index contributed by atoms with van der Waals surface area (Å²) in [6.07, 6.45) is 6.49. The summed E-state index contributed by atoms with van der Waals surface area (Å²) in [7, 11) is 0. The molecule has 0 rings (SSSR count). The summed E-state index contributed by atoms with van der Waals surface area (Å²) < 4.78 is 13.4. The molecule has 0 aliphatic rings. The van der Waals surface area contributed by atoms with Gasteiger partial charge < -0.3 is 14.2 Å². The van der Waals surface area contributed by atoms with Crippen molar-refractivity contribution < 1.29 is 14.2 Å². The van der Waals surface area contributed by atoms with Crippen LogP contribution in [-0.4, -0.2) is 12.9 Å². The van der Waals surface area contributed by atoms with Crippen LogP contribution in [0.3, 0.4) is 0 Å². The Morgan fingerprint density at radius 1 is 0.867 bits per heavy atom. The number of hydrogen-bond acceptors (Lipinski definition) is 6. The first-order valence-corrected chi connectivity index (χ1v) is 4.45. The largest absolute Gasteiger partial charge is 0.428 e. The van der Waals surface area contributed by atoms with Crippen molar-refractivity contribution in [2.45, 2.75) is 32.0 Å². The Hall–Kier alpha value is -2.13. The summed E-state index contributed by atoms with van der Waals surface area (Å²) in [5, 5.41) is 24.5. The van der Waals surface area contributed by atoms with Gasteiger partial charge in [-0.15, -0.1) is 0 Å². The van der Waals surface area contributed by atoms with Gasteiger partial charge in [0.05, 0.1) is 0 Å². The van der Waals surface area contributed by atoms with Gasteiger partial charge in [-0.3, -0.25) is 0 Å². The zero-order valence-electron chi connectivity index (χ0n) is 8.18. The number of hydrogen-bond donors (Lipinski definition) is 0. The highest BCUT2D eigenvalue weighted by Gasteiger charge is 2.09. The van der Waals surface area contributed by atoms with Gasteiger partial charge in [0, 0.05) is 6.42 Å². The lowest BCUT2D eigenvalue weighted by Crippen LogP contribution is -2.11. The summed E-state index contributed by atoms with van der Waals surface area (Å²) in [6, 6.07) is 0. The van der Waals surface area contributed by atoms with Crippen molar-refractivity contribution in [2.24, 2.45) is 0 Å². The molecule has 0 N–H and O–H groups in total. The van der Waals surface area contributed by atoms with Crippen LogP contribution in [0.15, 0.2) is 0 Å². The first-order chi connectivity index (χ1) is 7.35. The lowest BCUT2D eigenvalue weighted by Gasteiger charge is -2.09. The second-order valence-corrected chi connectivity index (χ2v) is 2.64. The van der Waals surface area contributed by atoms with Crippen molar-refractivity contribution >= 4 is 0 Å². The molecule has 0 aromatic rings. The predicted octanol–water partition coefficient (Wildman–Crippen LogP) is 1.37. The van der Waals surface area contributed by atoms with Crippen molar-refractivity contribution in [3.63, 3.8) is 0 Å².